The highest BCUT2D eigenvalue weighted by Crippen LogP contribution is 2.11. The van der Waals surface area contributed by atoms with E-state index >= 15 is 0 Å². The van der Waals surface area contributed by atoms with Gasteiger partial charge in [0.1, 0.15) is 0 Å². The molecule has 0 aliphatic carbocycles. The Morgan fingerprint density at radius 3 is 2.20 bits per heavy atom. The van der Waals surface area contributed by atoms with E-state index in [-0.39, 0.29) is 5.91 Å². The minimum Gasteiger partial charge on any atom is -0.326 e. The SMILES string of the molecule is CN(C)Cc1ccc(NC(=O)Cc2ccccc2)cc1. The first-order valence-corrected chi connectivity index (χ1v) is 6.71. The summed E-state index contributed by atoms with van der Waals surface area (Å²) in [6.45, 7) is 0.901. The lowest BCUT2D eigenvalue weighted by atomic mass is 10.1. The molecular formula is C17H20N2O. The van der Waals surface area contributed by atoms with Crippen LogP contribution in [0.3, 0.4) is 0 Å². The van der Waals surface area contributed by atoms with Crippen LogP contribution in [0, 0.1) is 0 Å². The van der Waals surface area contributed by atoms with Crippen molar-refractivity contribution in [3.8, 4) is 0 Å². The molecule has 0 spiro atoms. The summed E-state index contributed by atoms with van der Waals surface area (Å²) in [5.74, 6) is 0.0107. The number of nitrogens with zero attached hydrogens (tertiary/aromatic N) is 1. The maximum Gasteiger partial charge on any atom is 0.228 e. The van der Waals surface area contributed by atoms with Gasteiger partial charge >= 0.3 is 0 Å². The van der Waals surface area contributed by atoms with E-state index in [0.717, 1.165) is 17.8 Å². The van der Waals surface area contributed by atoms with Crippen molar-refractivity contribution in [2.75, 3.05) is 19.4 Å². The van der Waals surface area contributed by atoms with Gasteiger partial charge in [-0.2, -0.15) is 0 Å². The van der Waals surface area contributed by atoms with E-state index in [1.54, 1.807) is 0 Å². The number of hydrogen-bond acceptors (Lipinski definition) is 2. The Kier molecular flexibility index (Phi) is 4.91. The van der Waals surface area contributed by atoms with Gasteiger partial charge in [0.25, 0.3) is 0 Å². The summed E-state index contributed by atoms with van der Waals surface area (Å²) in [4.78, 5) is 14.0. The molecule has 20 heavy (non-hydrogen) atoms. The Hall–Kier alpha value is -2.13. The largest absolute Gasteiger partial charge is 0.326 e. The van der Waals surface area contributed by atoms with Gasteiger partial charge in [-0.25, -0.2) is 0 Å². The van der Waals surface area contributed by atoms with Crippen molar-refractivity contribution in [3.63, 3.8) is 0 Å². The topological polar surface area (TPSA) is 32.3 Å². The molecule has 2 aromatic rings. The Morgan fingerprint density at radius 2 is 1.60 bits per heavy atom. The predicted molar refractivity (Wildman–Crippen MR) is 82.6 cm³/mol. The molecule has 0 fully saturated rings. The van der Waals surface area contributed by atoms with E-state index < -0.39 is 0 Å². The lowest BCUT2D eigenvalue weighted by Crippen LogP contribution is -2.14. The second kappa shape index (κ2) is 6.87. The number of amides is 1. The number of nitrogens with one attached hydrogen (secondary N) is 1. The van der Waals surface area contributed by atoms with Crippen molar-refractivity contribution in [2.45, 2.75) is 13.0 Å². The normalized spacial score (nSPS) is 10.6. The minimum absolute atomic E-state index is 0.0107. The molecule has 0 aliphatic heterocycles. The molecule has 0 radical (unpaired) electrons. The van der Waals surface area contributed by atoms with E-state index in [9.17, 15) is 4.79 Å². The smallest absolute Gasteiger partial charge is 0.228 e. The highest BCUT2D eigenvalue weighted by atomic mass is 16.1. The molecule has 1 N–H and O–H groups in total. The minimum atomic E-state index is 0.0107. The summed E-state index contributed by atoms with van der Waals surface area (Å²) < 4.78 is 0. The van der Waals surface area contributed by atoms with E-state index in [1.165, 1.54) is 5.56 Å². The molecule has 0 aliphatic rings. The zero-order valence-corrected chi connectivity index (χ0v) is 12.0. The third-order valence-corrected chi connectivity index (χ3v) is 2.94. The van der Waals surface area contributed by atoms with Crippen LogP contribution in [0.25, 0.3) is 0 Å². The summed E-state index contributed by atoms with van der Waals surface area (Å²) in [7, 11) is 4.07. The summed E-state index contributed by atoms with van der Waals surface area (Å²) in [5.41, 5.74) is 3.10. The number of anilines is 1. The molecule has 3 nitrogen and oxygen atoms in total. The van der Waals surface area contributed by atoms with Crippen LogP contribution >= 0.6 is 0 Å². The van der Waals surface area contributed by atoms with Crippen molar-refractivity contribution in [1.82, 2.24) is 4.90 Å². The third kappa shape index (κ3) is 4.52. The highest BCUT2D eigenvalue weighted by molar-refractivity contribution is 5.92. The van der Waals surface area contributed by atoms with Crippen LogP contribution in [0.4, 0.5) is 5.69 Å². The molecule has 0 bridgehead atoms. The molecule has 2 aromatic carbocycles. The number of benzene rings is 2. The fourth-order valence-corrected chi connectivity index (χ4v) is 2.05. The van der Waals surface area contributed by atoms with Gasteiger partial charge in [0.05, 0.1) is 6.42 Å². The van der Waals surface area contributed by atoms with Gasteiger partial charge in [0.2, 0.25) is 5.91 Å². The van der Waals surface area contributed by atoms with Gasteiger partial charge in [-0.05, 0) is 37.4 Å². The average Bonchev–Trinajstić information content (AvgIpc) is 2.41. The second-order valence-corrected chi connectivity index (χ2v) is 5.15. The van der Waals surface area contributed by atoms with Gasteiger partial charge in [-0.1, -0.05) is 42.5 Å². The second-order valence-electron chi connectivity index (χ2n) is 5.15. The van der Waals surface area contributed by atoms with Crippen molar-refractivity contribution in [1.29, 1.82) is 0 Å². The van der Waals surface area contributed by atoms with E-state index in [4.69, 9.17) is 0 Å². The lowest BCUT2D eigenvalue weighted by Gasteiger charge is -2.10. The Morgan fingerprint density at radius 1 is 0.950 bits per heavy atom. The fraction of sp³-hybridized carbons (Fsp3) is 0.235. The molecule has 3 heteroatoms. The lowest BCUT2D eigenvalue weighted by molar-refractivity contribution is -0.115. The summed E-state index contributed by atoms with van der Waals surface area (Å²) >= 11 is 0. The maximum absolute atomic E-state index is 11.9. The summed E-state index contributed by atoms with van der Waals surface area (Å²) in [6.07, 6.45) is 0.403. The molecular weight excluding hydrogens is 248 g/mol. The number of carbonyl (C=O) groups excluding carboxylic acids is 1. The zero-order chi connectivity index (χ0) is 14.4. The fourth-order valence-electron chi connectivity index (χ4n) is 2.05. The molecule has 0 saturated carbocycles. The first-order chi connectivity index (χ1) is 9.63. The summed E-state index contributed by atoms with van der Waals surface area (Å²) in [6, 6.07) is 17.7. The van der Waals surface area contributed by atoms with Crippen LogP contribution in [0.2, 0.25) is 0 Å². The van der Waals surface area contributed by atoms with Crippen LogP contribution < -0.4 is 5.32 Å². The van der Waals surface area contributed by atoms with Crippen molar-refractivity contribution >= 4 is 11.6 Å². The van der Waals surface area contributed by atoms with Gasteiger partial charge in [-0.3, -0.25) is 4.79 Å². The summed E-state index contributed by atoms with van der Waals surface area (Å²) in [5, 5.41) is 2.92. The number of carbonyl (C=O) groups is 1. The van der Waals surface area contributed by atoms with Crippen LogP contribution in [-0.4, -0.2) is 24.9 Å². The molecule has 0 atom stereocenters. The first-order valence-electron chi connectivity index (χ1n) is 6.71. The van der Waals surface area contributed by atoms with Crippen molar-refractivity contribution in [2.24, 2.45) is 0 Å². The molecule has 0 aromatic heterocycles. The quantitative estimate of drug-likeness (QED) is 0.904. The van der Waals surface area contributed by atoms with Gasteiger partial charge in [0, 0.05) is 12.2 Å². The van der Waals surface area contributed by atoms with Gasteiger partial charge < -0.3 is 10.2 Å². The van der Waals surface area contributed by atoms with Gasteiger partial charge in [-0.15, -0.1) is 0 Å². The highest BCUT2D eigenvalue weighted by Gasteiger charge is 2.04. The molecule has 104 valence electrons. The van der Waals surface area contributed by atoms with Crippen molar-refractivity contribution < 1.29 is 4.79 Å². The third-order valence-electron chi connectivity index (χ3n) is 2.94. The van der Waals surface area contributed by atoms with Gasteiger partial charge in [0.15, 0.2) is 0 Å². The van der Waals surface area contributed by atoms with Crippen LogP contribution in [0.1, 0.15) is 11.1 Å². The van der Waals surface area contributed by atoms with E-state index in [2.05, 4.69) is 10.2 Å². The molecule has 2 rings (SSSR count). The Balaban J connectivity index is 1.91. The van der Waals surface area contributed by atoms with Crippen LogP contribution in [0.5, 0.6) is 0 Å². The Labute approximate surface area is 120 Å². The van der Waals surface area contributed by atoms with E-state index in [1.807, 2.05) is 68.7 Å². The molecule has 0 heterocycles. The monoisotopic (exact) mass is 268 g/mol. The predicted octanol–water partition coefficient (Wildman–Crippen LogP) is 2.93. The number of hydrogen-bond donors (Lipinski definition) is 1. The van der Waals surface area contributed by atoms with Crippen LogP contribution in [0.15, 0.2) is 54.6 Å². The van der Waals surface area contributed by atoms with Crippen LogP contribution in [-0.2, 0) is 17.8 Å². The zero-order valence-electron chi connectivity index (χ0n) is 12.0. The van der Waals surface area contributed by atoms with Crippen molar-refractivity contribution in [3.05, 3.63) is 65.7 Å². The molecule has 1 amide bonds. The standard InChI is InChI=1S/C17H20N2O/c1-19(2)13-15-8-10-16(11-9-15)18-17(20)12-14-6-4-3-5-7-14/h3-11H,12-13H2,1-2H3,(H,18,20). The maximum atomic E-state index is 11.9. The first kappa shape index (κ1) is 14.3. The average molecular weight is 268 g/mol. The Bertz CT molecular complexity index is 547. The number of rotatable bonds is 5. The molecule has 0 unspecified atom stereocenters. The molecule has 0 saturated heterocycles. The van der Waals surface area contributed by atoms with E-state index in [0.29, 0.717) is 6.42 Å².